The van der Waals surface area contributed by atoms with Crippen molar-refractivity contribution >= 4 is 162 Å². The van der Waals surface area contributed by atoms with Crippen LogP contribution >= 0.6 is 22.7 Å². The Labute approximate surface area is 612 Å². The predicted octanol–water partition coefficient (Wildman–Crippen LogP) is 29.8. The molecule has 0 aliphatic heterocycles. The van der Waals surface area contributed by atoms with Crippen LogP contribution in [-0.2, 0) is 0 Å². The van der Waals surface area contributed by atoms with Crippen LogP contribution in [0, 0.1) is 27.7 Å². The molecule has 20 aromatic rings. The molecule has 0 fully saturated rings. The summed E-state index contributed by atoms with van der Waals surface area (Å²) < 4.78 is 5.18. The Kier molecular flexibility index (Phi) is 14.6. The molecule has 490 valence electrons. The fraction of sp³-hybridized carbons (Fsp3) is 0.0400. The maximum atomic E-state index is 2.53. The van der Waals surface area contributed by atoms with E-state index in [-0.39, 0.29) is 0 Å². The summed E-state index contributed by atoms with van der Waals surface area (Å²) in [5.74, 6) is 0. The molecule has 0 saturated heterocycles. The summed E-state index contributed by atoms with van der Waals surface area (Å²) in [5, 5.41) is 20.5. The number of para-hydroxylation sites is 2. The summed E-state index contributed by atoms with van der Waals surface area (Å²) in [4.78, 5) is 5.06. The first kappa shape index (κ1) is 61.4. The zero-order chi connectivity index (χ0) is 69.3. The average Bonchev–Trinajstić information content (AvgIpc) is 1.43. The third kappa shape index (κ3) is 9.96. The highest BCUT2D eigenvalue weighted by Gasteiger charge is 2.27. The number of fused-ring (bicyclic) bond motifs is 18. The lowest BCUT2D eigenvalue weighted by molar-refractivity contribution is 1.22. The number of hydrogen-bond donors (Lipinski definition) is 0. The van der Waals surface area contributed by atoms with Gasteiger partial charge < -0.3 is 9.80 Å². The molecule has 18 aromatic carbocycles. The summed E-state index contributed by atoms with van der Waals surface area (Å²) in [7, 11) is 0. The highest BCUT2D eigenvalue weighted by Crippen LogP contribution is 2.52. The minimum absolute atomic E-state index is 1.09. The summed E-state index contributed by atoms with van der Waals surface area (Å²) in [5.41, 5.74) is 23.4. The second-order valence-electron chi connectivity index (χ2n) is 28.0. The molecule has 2 heterocycles. The molecule has 0 saturated carbocycles. The van der Waals surface area contributed by atoms with Crippen LogP contribution < -0.4 is 9.80 Å². The Bertz CT molecular complexity index is 6420. The van der Waals surface area contributed by atoms with Crippen molar-refractivity contribution in [2.75, 3.05) is 9.80 Å². The van der Waals surface area contributed by atoms with Crippen molar-refractivity contribution in [2.45, 2.75) is 27.7 Å². The van der Waals surface area contributed by atoms with E-state index in [4.69, 9.17) is 0 Å². The first-order valence-electron chi connectivity index (χ1n) is 35.9. The van der Waals surface area contributed by atoms with Crippen LogP contribution in [0.3, 0.4) is 0 Å². The van der Waals surface area contributed by atoms with Crippen molar-refractivity contribution in [1.82, 2.24) is 0 Å². The molecule has 0 atom stereocenters. The summed E-state index contributed by atoms with van der Waals surface area (Å²) in [6.45, 7) is 9.13. The Morgan fingerprint density at radius 1 is 0.192 bits per heavy atom. The molecule has 0 radical (unpaired) electrons. The molecule has 0 N–H and O–H groups in total. The number of thiophene rings is 2. The van der Waals surface area contributed by atoms with E-state index in [9.17, 15) is 0 Å². The Morgan fingerprint density at radius 2 is 0.471 bits per heavy atom. The SMILES string of the molecule is Cc1cc(-c2ccc(N(c3ccc(-c4ccc5c6ccccc6c6ccccc6c5c4)cc3)c3c(C)cccc3-c3cccc4c3sc3ccccc34)c(C)c2)ccc1N(c1ccc(-c2ccc3c4ccccc4c4ccccc4c3c2)cc1)c1c(C)cccc1-c1cccc2c1sc1ccccc12. The van der Waals surface area contributed by atoms with Gasteiger partial charge in [-0.25, -0.2) is 0 Å². The van der Waals surface area contributed by atoms with Gasteiger partial charge in [-0.3, -0.25) is 0 Å². The molecule has 2 nitrogen and oxygen atoms in total. The third-order valence-corrected chi connectivity index (χ3v) is 24.4. The van der Waals surface area contributed by atoms with Gasteiger partial charge in [0, 0.05) is 85.3 Å². The zero-order valence-corrected chi connectivity index (χ0v) is 59.7. The molecule has 0 amide bonds. The molecule has 2 aromatic heterocycles. The van der Waals surface area contributed by atoms with Crippen molar-refractivity contribution in [1.29, 1.82) is 0 Å². The quantitative estimate of drug-likeness (QED) is 0.119. The predicted molar refractivity (Wildman–Crippen MR) is 453 cm³/mol. The lowest BCUT2D eigenvalue weighted by Gasteiger charge is -2.32. The standard InChI is InChI=1S/C100H68N2S2/c1-61-21-17-33-85(89-37-19-35-87-83-31-13-15-39-95(83)103-99(87)89)97(61)101(71-49-41-65(42-50-71)69-45-53-81-77-27-7-5-23-73(77)75-25-9-11-29-79(75)91(81)59-69)93-55-47-67(57-63(93)3)68-48-56-94(64(4)58-68)102(98-62(2)22-18-34-86(98)90-38-20-36-88-84-32-14-16-40-96(84)104-100(88)90)72-51-43-66(44-52-72)70-46-54-82-78-28-8-6-24-74(78)76-26-10-12-30-80(76)92(82)60-70/h5-60H,1-4H3. The highest BCUT2D eigenvalue weighted by atomic mass is 32.1. The number of aryl methyl sites for hydroxylation is 4. The minimum atomic E-state index is 1.09. The van der Waals surface area contributed by atoms with Crippen LogP contribution in [0.15, 0.2) is 340 Å². The summed E-state index contributed by atoms with van der Waals surface area (Å²) in [6.07, 6.45) is 0. The van der Waals surface area contributed by atoms with E-state index < -0.39 is 0 Å². The Balaban J connectivity index is 0.713. The number of rotatable bonds is 11. The number of hydrogen-bond acceptors (Lipinski definition) is 4. The molecule has 4 heteroatoms. The molecule has 0 spiro atoms. The molecular weight excluding hydrogens is 1290 g/mol. The maximum absolute atomic E-state index is 2.53. The molecule has 0 aliphatic carbocycles. The summed E-state index contributed by atoms with van der Waals surface area (Å²) in [6, 6.07) is 127. The number of nitrogens with zero attached hydrogens (tertiary/aromatic N) is 2. The van der Waals surface area contributed by atoms with E-state index in [0.717, 1.165) is 45.3 Å². The van der Waals surface area contributed by atoms with Gasteiger partial charge in [0.2, 0.25) is 0 Å². The molecule has 0 bridgehead atoms. The lowest BCUT2D eigenvalue weighted by Crippen LogP contribution is -2.14. The van der Waals surface area contributed by atoms with Crippen LogP contribution in [0.2, 0.25) is 0 Å². The highest BCUT2D eigenvalue weighted by molar-refractivity contribution is 7.26. The first-order chi connectivity index (χ1) is 51.2. The van der Waals surface area contributed by atoms with Crippen molar-refractivity contribution in [3.05, 3.63) is 362 Å². The van der Waals surface area contributed by atoms with Gasteiger partial charge in [-0.15, -0.1) is 22.7 Å². The largest absolute Gasteiger partial charge is 0.309 e. The molecule has 0 aliphatic rings. The Hall–Kier alpha value is -12.4. The van der Waals surface area contributed by atoms with Gasteiger partial charge in [-0.05, 0) is 221 Å². The maximum Gasteiger partial charge on any atom is 0.0569 e. The van der Waals surface area contributed by atoms with Crippen molar-refractivity contribution < 1.29 is 0 Å². The second-order valence-corrected chi connectivity index (χ2v) is 30.1. The van der Waals surface area contributed by atoms with E-state index >= 15 is 0 Å². The average molecular weight is 1360 g/mol. The van der Waals surface area contributed by atoms with E-state index in [2.05, 4.69) is 377 Å². The first-order valence-corrected chi connectivity index (χ1v) is 37.6. The van der Waals surface area contributed by atoms with E-state index in [1.54, 1.807) is 0 Å². The number of benzene rings is 18. The smallest absolute Gasteiger partial charge is 0.0569 e. The van der Waals surface area contributed by atoms with E-state index in [0.29, 0.717) is 0 Å². The van der Waals surface area contributed by atoms with Crippen LogP contribution in [0.1, 0.15) is 22.3 Å². The van der Waals surface area contributed by atoms with Gasteiger partial charge in [0.05, 0.1) is 11.4 Å². The summed E-state index contributed by atoms with van der Waals surface area (Å²) >= 11 is 3.77. The van der Waals surface area contributed by atoms with E-state index in [1.165, 1.54) is 172 Å². The van der Waals surface area contributed by atoms with Gasteiger partial charge >= 0.3 is 0 Å². The monoisotopic (exact) mass is 1360 g/mol. The van der Waals surface area contributed by atoms with Crippen molar-refractivity contribution in [3.63, 3.8) is 0 Å². The normalized spacial score (nSPS) is 11.8. The Morgan fingerprint density at radius 3 is 0.837 bits per heavy atom. The lowest BCUT2D eigenvalue weighted by atomic mass is 9.92. The fourth-order valence-electron chi connectivity index (χ4n) is 17.0. The topological polar surface area (TPSA) is 6.48 Å². The molecule has 20 rings (SSSR count). The van der Waals surface area contributed by atoms with Gasteiger partial charge in [-0.1, -0.05) is 267 Å². The van der Waals surface area contributed by atoms with Crippen molar-refractivity contribution in [3.8, 4) is 55.6 Å². The van der Waals surface area contributed by atoms with Crippen LogP contribution in [-0.4, -0.2) is 0 Å². The van der Waals surface area contributed by atoms with Crippen molar-refractivity contribution in [2.24, 2.45) is 0 Å². The molecule has 104 heavy (non-hydrogen) atoms. The van der Waals surface area contributed by atoms with Crippen LogP contribution in [0.4, 0.5) is 34.1 Å². The zero-order valence-electron chi connectivity index (χ0n) is 58.0. The van der Waals surface area contributed by atoms with Gasteiger partial charge in [0.15, 0.2) is 0 Å². The molecular formula is C100H68N2S2. The number of anilines is 6. The van der Waals surface area contributed by atoms with Crippen LogP contribution in [0.5, 0.6) is 0 Å². The van der Waals surface area contributed by atoms with E-state index in [1.807, 2.05) is 22.7 Å². The van der Waals surface area contributed by atoms with Gasteiger partial charge in [0.25, 0.3) is 0 Å². The molecule has 0 unspecified atom stereocenters. The third-order valence-electron chi connectivity index (χ3n) is 21.9. The van der Waals surface area contributed by atoms with Gasteiger partial charge in [-0.2, -0.15) is 0 Å². The van der Waals surface area contributed by atoms with Gasteiger partial charge in [0.1, 0.15) is 0 Å². The van der Waals surface area contributed by atoms with Crippen LogP contribution in [0.25, 0.3) is 161 Å². The second kappa shape index (κ2) is 24.7. The minimum Gasteiger partial charge on any atom is -0.309 e. The fourth-order valence-corrected chi connectivity index (χ4v) is 19.5.